The lowest BCUT2D eigenvalue weighted by Crippen LogP contribution is -2.42. The van der Waals surface area contributed by atoms with E-state index in [2.05, 4.69) is 39.1 Å². The van der Waals surface area contributed by atoms with E-state index in [9.17, 15) is 5.26 Å². The van der Waals surface area contributed by atoms with Crippen molar-refractivity contribution in [2.75, 3.05) is 12.3 Å². The molecule has 0 saturated carbocycles. The second-order valence-electron chi connectivity index (χ2n) is 6.02. The van der Waals surface area contributed by atoms with Crippen molar-refractivity contribution in [3.8, 4) is 6.07 Å². The maximum absolute atomic E-state index is 9.76. The van der Waals surface area contributed by atoms with Gasteiger partial charge in [0.1, 0.15) is 5.54 Å². The summed E-state index contributed by atoms with van der Waals surface area (Å²) < 4.78 is 0.239. The maximum Gasteiger partial charge on any atom is 0.133 e. The van der Waals surface area contributed by atoms with Gasteiger partial charge in [-0.1, -0.05) is 58.0 Å². The average molecular weight is 290 g/mol. The molecule has 20 heavy (non-hydrogen) atoms. The predicted molar refractivity (Wildman–Crippen MR) is 88.9 cm³/mol. The molecule has 1 aromatic carbocycles. The minimum absolute atomic E-state index is 0.239. The van der Waals surface area contributed by atoms with Gasteiger partial charge in [0.25, 0.3) is 0 Å². The molecule has 0 aromatic heterocycles. The van der Waals surface area contributed by atoms with E-state index in [4.69, 9.17) is 0 Å². The third-order valence-corrected chi connectivity index (χ3v) is 4.42. The normalized spacial score (nSPS) is 14.6. The lowest BCUT2D eigenvalue weighted by atomic mass is 9.88. The Kier molecular flexibility index (Phi) is 6.58. The standard InChI is InChI=1S/C17H26N2S/c1-5-12-19-17(14-18,11-13-20-16(2,3)4)15-9-7-6-8-10-15/h6-10,19H,5,11-13H2,1-4H3. The first-order valence-corrected chi connectivity index (χ1v) is 8.28. The minimum atomic E-state index is -0.560. The van der Waals surface area contributed by atoms with E-state index in [1.54, 1.807) is 0 Å². The van der Waals surface area contributed by atoms with Crippen LogP contribution < -0.4 is 5.32 Å². The molecule has 0 heterocycles. The third-order valence-electron chi connectivity index (χ3n) is 3.15. The lowest BCUT2D eigenvalue weighted by molar-refractivity contribution is 0.416. The number of nitriles is 1. The van der Waals surface area contributed by atoms with Crippen molar-refractivity contribution in [3.05, 3.63) is 35.9 Å². The zero-order chi connectivity index (χ0) is 15.1. The van der Waals surface area contributed by atoms with Gasteiger partial charge in [0.05, 0.1) is 6.07 Å². The number of nitrogens with one attached hydrogen (secondary N) is 1. The van der Waals surface area contributed by atoms with Gasteiger partial charge in [-0.3, -0.25) is 5.32 Å². The van der Waals surface area contributed by atoms with E-state index < -0.39 is 5.54 Å². The van der Waals surface area contributed by atoms with Gasteiger partial charge in [0.2, 0.25) is 0 Å². The fraction of sp³-hybridized carbons (Fsp3) is 0.588. The van der Waals surface area contributed by atoms with Crippen molar-refractivity contribution in [2.45, 2.75) is 50.8 Å². The first-order valence-electron chi connectivity index (χ1n) is 7.29. The predicted octanol–water partition coefficient (Wildman–Crippen LogP) is 4.33. The smallest absolute Gasteiger partial charge is 0.133 e. The van der Waals surface area contributed by atoms with Gasteiger partial charge in [-0.05, 0) is 30.7 Å². The zero-order valence-corrected chi connectivity index (χ0v) is 13.9. The Labute approximate surface area is 128 Å². The second kappa shape index (κ2) is 7.71. The fourth-order valence-corrected chi connectivity index (χ4v) is 3.09. The van der Waals surface area contributed by atoms with Crippen molar-refractivity contribution in [3.63, 3.8) is 0 Å². The van der Waals surface area contributed by atoms with Gasteiger partial charge in [0.15, 0.2) is 0 Å². The summed E-state index contributed by atoms with van der Waals surface area (Å²) in [6, 6.07) is 12.6. The van der Waals surface area contributed by atoms with Crippen LogP contribution in [0, 0.1) is 11.3 Å². The highest BCUT2D eigenvalue weighted by atomic mass is 32.2. The number of hydrogen-bond acceptors (Lipinski definition) is 3. The molecule has 3 heteroatoms. The van der Waals surface area contributed by atoms with Gasteiger partial charge in [-0.15, -0.1) is 0 Å². The molecule has 0 saturated heterocycles. The molecular weight excluding hydrogens is 264 g/mol. The van der Waals surface area contributed by atoms with E-state index in [1.807, 2.05) is 42.1 Å². The molecule has 2 nitrogen and oxygen atoms in total. The molecule has 1 N–H and O–H groups in total. The summed E-state index contributed by atoms with van der Waals surface area (Å²) in [5, 5.41) is 13.2. The first kappa shape index (κ1) is 17.1. The van der Waals surface area contributed by atoms with Crippen LogP contribution in [0.15, 0.2) is 30.3 Å². The number of nitrogens with zero attached hydrogens (tertiary/aromatic N) is 1. The molecule has 1 aromatic rings. The molecule has 0 aliphatic rings. The van der Waals surface area contributed by atoms with Crippen molar-refractivity contribution in [1.82, 2.24) is 5.32 Å². The Morgan fingerprint density at radius 3 is 2.35 bits per heavy atom. The molecule has 0 amide bonds. The molecule has 0 fully saturated rings. The van der Waals surface area contributed by atoms with Crippen LogP contribution in [0.4, 0.5) is 0 Å². The van der Waals surface area contributed by atoms with Crippen LogP contribution >= 0.6 is 11.8 Å². The molecule has 110 valence electrons. The summed E-state index contributed by atoms with van der Waals surface area (Å²) in [7, 11) is 0. The minimum Gasteiger partial charge on any atom is -0.296 e. The first-order chi connectivity index (χ1) is 9.43. The highest BCUT2D eigenvalue weighted by Gasteiger charge is 2.31. The van der Waals surface area contributed by atoms with Gasteiger partial charge in [-0.25, -0.2) is 0 Å². The number of thioether (sulfide) groups is 1. The van der Waals surface area contributed by atoms with E-state index in [-0.39, 0.29) is 4.75 Å². The molecule has 0 bridgehead atoms. The van der Waals surface area contributed by atoms with E-state index >= 15 is 0 Å². The van der Waals surface area contributed by atoms with Gasteiger partial charge >= 0.3 is 0 Å². The van der Waals surface area contributed by atoms with Crippen molar-refractivity contribution >= 4 is 11.8 Å². The van der Waals surface area contributed by atoms with Gasteiger partial charge < -0.3 is 0 Å². The Morgan fingerprint density at radius 2 is 1.85 bits per heavy atom. The summed E-state index contributed by atoms with van der Waals surface area (Å²) in [6.07, 6.45) is 1.86. The van der Waals surface area contributed by atoms with Crippen molar-refractivity contribution in [2.24, 2.45) is 0 Å². The van der Waals surface area contributed by atoms with Crippen molar-refractivity contribution < 1.29 is 0 Å². The highest BCUT2D eigenvalue weighted by Crippen LogP contribution is 2.30. The highest BCUT2D eigenvalue weighted by molar-refractivity contribution is 8.00. The van der Waals surface area contributed by atoms with E-state index in [0.717, 1.165) is 30.7 Å². The molecule has 0 spiro atoms. The van der Waals surface area contributed by atoms with Gasteiger partial charge in [0, 0.05) is 4.75 Å². The summed E-state index contributed by atoms with van der Waals surface area (Å²) in [4.78, 5) is 0. The molecule has 0 radical (unpaired) electrons. The topological polar surface area (TPSA) is 35.8 Å². The van der Waals surface area contributed by atoms with Crippen LogP contribution in [-0.4, -0.2) is 17.0 Å². The SMILES string of the molecule is CCCNC(C#N)(CCSC(C)(C)C)c1ccccc1. The second-order valence-corrected chi connectivity index (χ2v) is 7.94. The van der Waals surface area contributed by atoms with Gasteiger partial charge in [-0.2, -0.15) is 17.0 Å². The van der Waals surface area contributed by atoms with E-state index in [1.165, 1.54) is 0 Å². The fourth-order valence-electron chi connectivity index (χ4n) is 2.07. The number of hydrogen-bond donors (Lipinski definition) is 1. The summed E-state index contributed by atoms with van der Waals surface area (Å²) in [5.74, 6) is 0.975. The van der Waals surface area contributed by atoms with E-state index in [0.29, 0.717) is 0 Å². The zero-order valence-electron chi connectivity index (χ0n) is 13.1. The number of rotatable bonds is 7. The molecular formula is C17H26N2S. The molecule has 0 aliphatic carbocycles. The van der Waals surface area contributed by atoms with Crippen LogP contribution in [0.5, 0.6) is 0 Å². The monoisotopic (exact) mass is 290 g/mol. The summed E-state index contributed by atoms with van der Waals surface area (Å²) >= 11 is 1.91. The molecule has 0 aliphatic heterocycles. The Morgan fingerprint density at radius 1 is 1.20 bits per heavy atom. The Balaban J connectivity index is 2.87. The molecule has 1 rings (SSSR count). The maximum atomic E-state index is 9.76. The number of benzene rings is 1. The van der Waals surface area contributed by atoms with Crippen LogP contribution in [0.25, 0.3) is 0 Å². The Hall–Kier alpha value is -0.980. The third kappa shape index (κ3) is 5.19. The van der Waals surface area contributed by atoms with Crippen LogP contribution in [0.3, 0.4) is 0 Å². The van der Waals surface area contributed by atoms with Crippen LogP contribution in [0.1, 0.15) is 46.1 Å². The van der Waals surface area contributed by atoms with Crippen molar-refractivity contribution in [1.29, 1.82) is 5.26 Å². The molecule has 1 unspecified atom stereocenters. The summed E-state index contributed by atoms with van der Waals surface area (Å²) in [6.45, 7) is 9.64. The van der Waals surface area contributed by atoms with Crippen LogP contribution in [-0.2, 0) is 5.54 Å². The quantitative estimate of drug-likeness (QED) is 0.812. The largest absolute Gasteiger partial charge is 0.296 e. The average Bonchev–Trinajstić information content (AvgIpc) is 2.42. The Bertz CT molecular complexity index is 431. The van der Waals surface area contributed by atoms with Crippen LogP contribution in [0.2, 0.25) is 0 Å². The summed E-state index contributed by atoms with van der Waals surface area (Å²) in [5.41, 5.74) is 0.514. The molecule has 1 atom stereocenters. The lowest BCUT2D eigenvalue weighted by Gasteiger charge is -2.30.